The van der Waals surface area contributed by atoms with E-state index in [9.17, 15) is 9.59 Å². The fraction of sp³-hybridized carbons (Fsp3) is 0.364. The molecular formula is C22H23NO3S. The Kier molecular flexibility index (Phi) is 4.11. The third-order valence-corrected chi connectivity index (χ3v) is 7.64. The molecular weight excluding hydrogens is 358 g/mol. The van der Waals surface area contributed by atoms with E-state index < -0.39 is 16.4 Å². The summed E-state index contributed by atoms with van der Waals surface area (Å²) in [5.74, 6) is -0.496. The van der Waals surface area contributed by atoms with E-state index in [-0.39, 0.29) is 11.9 Å². The smallest absolute Gasteiger partial charge is 0.313 e. The number of fused-ring (bicyclic) bond motifs is 2. The second-order valence-electron chi connectivity index (χ2n) is 8.04. The second-order valence-corrected chi connectivity index (χ2v) is 9.15. The Morgan fingerprint density at radius 3 is 2.30 bits per heavy atom. The van der Waals surface area contributed by atoms with E-state index in [1.807, 2.05) is 75.4 Å². The quantitative estimate of drug-likeness (QED) is 0.766. The number of esters is 1. The molecule has 1 aliphatic carbocycles. The van der Waals surface area contributed by atoms with Gasteiger partial charge < -0.3 is 10.1 Å². The molecule has 1 saturated carbocycles. The molecule has 0 spiro atoms. The van der Waals surface area contributed by atoms with E-state index in [2.05, 4.69) is 5.32 Å². The van der Waals surface area contributed by atoms with Crippen LogP contribution in [0.1, 0.15) is 33.6 Å². The third-order valence-electron chi connectivity index (χ3n) is 6.56. The zero-order valence-corrected chi connectivity index (χ0v) is 16.6. The maximum absolute atomic E-state index is 13.3. The topological polar surface area (TPSA) is 55.4 Å². The van der Waals surface area contributed by atoms with E-state index in [0.29, 0.717) is 12.8 Å². The number of rotatable bonds is 4. The van der Waals surface area contributed by atoms with Crippen molar-refractivity contribution >= 4 is 29.3 Å². The normalized spacial score (nSPS) is 28.0. The molecule has 0 aromatic heterocycles. The minimum atomic E-state index is -1.11. The molecule has 2 aromatic carbocycles. The SMILES string of the molecule is CC1(C)[C@@]2(C(=O)Nc3ccccc3Sc3ccccc3)CC[C@]1(C)C(=O)O2. The average Bonchev–Trinajstić information content (AvgIpc) is 2.94. The summed E-state index contributed by atoms with van der Waals surface area (Å²) in [4.78, 5) is 27.8. The van der Waals surface area contributed by atoms with Gasteiger partial charge in [-0.15, -0.1) is 0 Å². The Morgan fingerprint density at radius 1 is 1.00 bits per heavy atom. The molecule has 1 heterocycles. The van der Waals surface area contributed by atoms with Crippen molar-refractivity contribution in [1.82, 2.24) is 0 Å². The number of carbonyl (C=O) groups excluding carboxylic acids is 2. The fourth-order valence-corrected chi connectivity index (χ4v) is 5.17. The second kappa shape index (κ2) is 6.13. The number of hydrogen-bond donors (Lipinski definition) is 1. The van der Waals surface area contributed by atoms with E-state index in [1.54, 1.807) is 11.8 Å². The molecule has 1 aliphatic heterocycles. The summed E-state index contributed by atoms with van der Waals surface area (Å²) in [6, 6.07) is 17.7. The molecule has 140 valence electrons. The lowest BCUT2D eigenvalue weighted by atomic mass is 9.66. The molecule has 0 radical (unpaired) electrons. The number of carbonyl (C=O) groups is 2. The van der Waals surface area contributed by atoms with Crippen LogP contribution < -0.4 is 5.32 Å². The van der Waals surface area contributed by atoms with Gasteiger partial charge in [0.15, 0.2) is 5.60 Å². The van der Waals surface area contributed by atoms with Crippen LogP contribution >= 0.6 is 11.8 Å². The molecule has 2 aromatic rings. The number of hydrogen-bond acceptors (Lipinski definition) is 4. The van der Waals surface area contributed by atoms with Gasteiger partial charge in [-0.1, -0.05) is 55.9 Å². The first-order chi connectivity index (χ1) is 12.8. The van der Waals surface area contributed by atoms with Gasteiger partial charge in [0, 0.05) is 15.2 Å². The van der Waals surface area contributed by atoms with Crippen molar-refractivity contribution < 1.29 is 14.3 Å². The number of ether oxygens (including phenoxy) is 1. The van der Waals surface area contributed by atoms with Crippen molar-refractivity contribution in [3.63, 3.8) is 0 Å². The zero-order chi connectivity index (χ0) is 19.3. The molecule has 4 nitrogen and oxygen atoms in total. The van der Waals surface area contributed by atoms with Crippen LogP contribution in [-0.2, 0) is 14.3 Å². The minimum Gasteiger partial charge on any atom is -0.448 e. The molecule has 2 aliphatic rings. The highest BCUT2D eigenvalue weighted by molar-refractivity contribution is 7.99. The molecule has 2 fully saturated rings. The summed E-state index contributed by atoms with van der Waals surface area (Å²) in [6.45, 7) is 5.85. The maximum Gasteiger partial charge on any atom is 0.313 e. The summed E-state index contributed by atoms with van der Waals surface area (Å²) >= 11 is 1.59. The standard InChI is InChI=1S/C22H23NO3S/c1-20(2)21(3)13-14-22(20,26-19(21)25)18(24)23-16-11-7-8-12-17(16)27-15-9-5-4-6-10-15/h4-12H,13-14H2,1-3H3,(H,23,24)/t21-,22+/m1/s1. The van der Waals surface area contributed by atoms with Gasteiger partial charge in [0.05, 0.1) is 11.1 Å². The van der Waals surface area contributed by atoms with Crippen molar-refractivity contribution in [2.75, 3.05) is 5.32 Å². The van der Waals surface area contributed by atoms with Crippen molar-refractivity contribution in [1.29, 1.82) is 0 Å². The lowest BCUT2D eigenvalue weighted by molar-refractivity contribution is -0.165. The van der Waals surface area contributed by atoms with Crippen molar-refractivity contribution in [3.05, 3.63) is 54.6 Å². The molecule has 0 unspecified atom stereocenters. The highest BCUT2D eigenvalue weighted by Gasteiger charge is 2.75. The van der Waals surface area contributed by atoms with E-state index in [0.717, 1.165) is 15.5 Å². The number of benzene rings is 2. The van der Waals surface area contributed by atoms with Crippen molar-refractivity contribution in [2.24, 2.45) is 10.8 Å². The highest BCUT2D eigenvalue weighted by atomic mass is 32.2. The predicted molar refractivity (Wildman–Crippen MR) is 106 cm³/mol. The number of amides is 1. The summed E-state index contributed by atoms with van der Waals surface area (Å²) in [6.07, 6.45) is 1.23. The van der Waals surface area contributed by atoms with Gasteiger partial charge in [0.2, 0.25) is 0 Å². The largest absolute Gasteiger partial charge is 0.448 e. The zero-order valence-electron chi connectivity index (χ0n) is 15.7. The molecule has 5 heteroatoms. The first kappa shape index (κ1) is 18.1. The summed E-state index contributed by atoms with van der Waals surface area (Å²) < 4.78 is 5.70. The van der Waals surface area contributed by atoms with E-state index >= 15 is 0 Å². The molecule has 27 heavy (non-hydrogen) atoms. The summed E-state index contributed by atoms with van der Waals surface area (Å²) in [5.41, 5.74) is -1.53. The van der Waals surface area contributed by atoms with Crippen LogP contribution in [-0.4, -0.2) is 17.5 Å². The van der Waals surface area contributed by atoms with Gasteiger partial charge >= 0.3 is 5.97 Å². The number of anilines is 1. The molecule has 1 N–H and O–H groups in total. The van der Waals surface area contributed by atoms with Crippen LogP contribution in [0.3, 0.4) is 0 Å². The fourth-order valence-electron chi connectivity index (χ4n) is 4.24. The van der Waals surface area contributed by atoms with E-state index in [4.69, 9.17) is 4.74 Å². The van der Waals surface area contributed by atoms with Gasteiger partial charge in [0.1, 0.15) is 0 Å². The van der Waals surface area contributed by atoms with Gasteiger partial charge in [0.25, 0.3) is 5.91 Å². The highest BCUT2D eigenvalue weighted by Crippen LogP contribution is 2.65. The molecule has 2 bridgehead atoms. The number of para-hydroxylation sites is 1. The van der Waals surface area contributed by atoms with Crippen LogP contribution in [0.25, 0.3) is 0 Å². The van der Waals surface area contributed by atoms with Gasteiger partial charge in [-0.2, -0.15) is 0 Å². The van der Waals surface area contributed by atoms with Crippen LogP contribution in [0.2, 0.25) is 0 Å². The monoisotopic (exact) mass is 381 g/mol. The Balaban J connectivity index is 1.62. The summed E-state index contributed by atoms with van der Waals surface area (Å²) in [5, 5.41) is 3.05. The van der Waals surface area contributed by atoms with E-state index in [1.165, 1.54) is 0 Å². The molecule has 1 amide bonds. The van der Waals surface area contributed by atoms with Gasteiger partial charge in [-0.25, -0.2) is 0 Å². The van der Waals surface area contributed by atoms with Gasteiger partial charge in [-0.05, 0) is 44.0 Å². The Labute approximate surface area is 163 Å². The predicted octanol–water partition coefficient (Wildman–Crippen LogP) is 4.90. The first-order valence-corrected chi connectivity index (χ1v) is 9.99. The Bertz CT molecular complexity index is 911. The van der Waals surface area contributed by atoms with Crippen LogP contribution in [0.15, 0.2) is 64.4 Å². The lowest BCUT2D eigenvalue weighted by Gasteiger charge is -2.35. The van der Waals surface area contributed by atoms with Crippen LogP contribution in [0, 0.1) is 10.8 Å². The van der Waals surface area contributed by atoms with Crippen LogP contribution in [0.5, 0.6) is 0 Å². The minimum absolute atomic E-state index is 0.233. The molecule has 2 atom stereocenters. The Morgan fingerprint density at radius 2 is 1.67 bits per heavy atom. The average molecular weight is 381 g/mol. The first-order valence-electron chi connectivity index (χ1n) is 9.17. The lowest BCUT2D eigenvalue weighted by Crippen LogP contribution is -2.50. The van der Waals surface area contributed by atoms with Crippen LogP contribution in [0.4, 0.5) is 5.69 Å². The van der Waals surface area contributed by atoms with Crippen molar-refractivity contribution in [3.8, 4) is 0 Å². The molecule has 4 rings (SSSR count). The van der Waals surface area contributed by atoms with Gasteiger partial charge in [-0.3, -0.25) is 9.59 Å². The summed E-state index contributed by atoms with van der Waals surface area (Å²) in [7, 11) is 0. The van der Waals surface area contributed by atoms with Crippen molar-refractivity contribution in [2.45, 2.75) is 49.0 Å². The molecule has 1 saturated heterocycles. The Hall–Kier alpha value is -2.27. The maximum atomic E-state index is 13.3. The number of nitrogens with one attached hydrogen (secondary N) is 1. The third kappa shape index (κ3) is 2.52.